The third-order valence-electron chi connectivity index (χ3n) is 5.45. The van der Waals surface area contributed by atoms with Crippen molar-refractivity contribution in [1.82, 2.24) is 10.3 Å². The summed E-state index contributed by atoms with van der Waals surface area (Å²) in [7, 11) is 0. The van der Waals surface area contributed by atoms with E-state index in [9.17, 15) is 9.18 Å². The fourth-order valence-electron chi connectivity index (χ4n) is 4.03. The first-order valence-electron chi connectivity index (χ1n) is 9.89. The first-order chi connectivity index (χ1) is 14.2. The van der Waals surface area contributed by atoms with Crippen molar-refractivity contribution in [2.45, 2.75) is 25.4 Å². The van der Waals surface area contributed by atoms with Gasteiger partial charge in [-0.25, -0.2) is 4.39 Å². The van der Waals surface area contributed by atoms with Crippen molar-refractivity contribution >= 4 is 22.5 Å². The molecule has 29 heavy (non-hydrogen) atoms. The number of carbonyl (C=O) groups is 1. The van der Waals surface area contributed by atoms with Gasteiger partial charge in [0, 0.05) is 35.3 Å². The van der Waals surface area contributed by atoms with Crippen molar-refractivity contribution in [2.24, 2.45) is 0 Å². The second-order valence-corrected chi connectivity index (χ2v) is 7.48. The molecule has 0 radical (unpaired) electrons. The number of H-pyrrole nitrogens is 1. The largest absolute Gasteiger partial charge is 0.486 e. The average molecular weight is 395 g/mol. The monoisotopic (exact) mass is 395 g/mol. The maximum atomic E-state index is 14.1. The third-order valence-corrected chi connectivity index (χ3v) is 5.45. The van der Waals surface area contributed by atoms with Crippen LogP contribution in [-0.4, -0.2) is 36.7 Å². The van der Waals surface area contributed by atoms with E-state index in [4.69, 9.17) is 9.47 Å². The second-order valence-electron chi connectivity index (χ2n) is 7.48. The minimum absolute atomic E-state index is 0.115. The molecule has 2 aromatic carbocycles. The van der Waals surface area contributed by atoms with E-state index in [0.717, 1.165) is 19.4 Å². The smallest absolute Gasteiger partial charge is 0.229 e. The molecule has 1 amide bonds. The standard InChI is InChI=1S/C22H22FN3O3/c23-17-9-19-22(16-8-20(27)26-21(16)17)29-14(12-28-19)11-24-7-3-4-13-10-25-18-6-2-1-5-15(13)18/h1-2,5-6,9-10,14,24-25H,3-4,7-8,11-12H2,(H,26,27). The van der Waals surface area contributed by atoms with E-state index in [0.29, 0.717) is 30.2 Å². The van der Waals surface area contributed by atoms with E-state index >= 15 is 0 Å². The Labute approximate surface area is 167 Å². The Bertz CT molecular complexity index is 1080. The molecule has 0 aliphatic carbocycles. The van der Waals surface area contributed by atoms with Crippen LogP contribution < -0.4 is 20.1 Å². The number of benzene rings is 2. The van der Waals surface area contributed by atoms with Gasteiger partial charge in [-0.3, -0.25) is 4.79 Å². The predicted octanol–water partition coefficient (Wildman–Crippen LogP) is 3.16. The zero-order valence-electron chi connectivity index (χ0n) is 15.9. The number of anilines is 1. The van der Waals surface area contributed by atoms with Gasteiger partial charge in [-0.2, -0.15) is 0 Å². The molecule has 0 bridgehead atoms. The summed E-state index contributed by atoms with van der Waals surface area (Å²) < 4.78 is 25.8. The zero-order valence-corrected chi connectivity index (χ0v) is 15.9. The number of aromatic amines is 1. The van der Waals surface area contributed by atoms with Crippen molar-refractivity contribution in [3.63, 3.8) is 0 Å². The molecule has 1 aromatic heterocycles. The summed E-state index contributed by atoms with van der Waals surface area (Å²) >= 11 is 0. The van der Waals surface area contributed by atoms with Crippen LogP contribution in [0.4, 0.5) is 10.1 Å². The number of rotatable bonds is 6. The molecule has 0 saturated carbocycles. The predicted molar refractivity (Wildman–Crippen MR) is 108 cm³/mol. The Hall–Kier alpha value is -3.06. The van der Waals surface area contributed by atoms with E-state index in [-0.39, 0.29) is 24.1 Å². The molecule has 150 valence electrons. The highest BCUT2D eigenvalue weighted by molar-refractivity contribution is 6.00. The first-order valence-corrected chi connectivity index (χ1v) is 9.89. The Kier molecular flexibility index (Phi) is 4.60. The lowest BCUT2D eigenvalue weighted by atomic mass is 10.1. The molecule has 7 heteroatoms. The summed E-state index contributed by atoms with van der Waals surface area (Å²) in [5.74, 6) is 0.139. The molecule has 0 spiro atoms. The normalized spacial score (nSPS) is 17.4. The maximum Gasteiger partial charge on any atom is 0.229 e. The zero-order chi connectivity index (χ0) is 19.8. The van der Waals surface area contributed by atoms with Gasteiger partial charge in [0.25, 0.3) is 0 Å². The molecule has 2 aliphatic rings. The Morgan fingerprint density at radius 2 is 2.17 bits per heavy atom. The summed E-state index contributed by atoms with van der Waals surface area (Å²) in [6.07, 6.45) is 4.01. The van der Waals surface area contributed by atoms with Gasteiger partial charge in [0.2, 0.25) is 5.91 Å². The summed E-state index contributed by atoms with van der Waals surface area (Å²) in [4.78, 5) is 15.0. The SMILES string of the molecule is O=C1Cc2c(c(F)cc3c2OC(CNCCCc2c[nH]c4ccccc24)CO3)N1. The highest BCUT2D eigenvalue weighted by atomic mass is 19.1. The number of nitrogens with one attached hydrogen (secondary N) is 3. The fourth-order valence-corrected chi connectivity index (χ4v) is 4.03. The lowest BCUT2D eigenvalue weighted by Crippen LogP contribution is -2.39. The Balaban J connectivity index is 1.15. The van der Waals surface area contributed by atoms with Crippen molar-refractivity contribution in [2.75, 3.05) is 25.0 Å². The Morgan fingerprint density at radius 3 is 3.10 bits per heavy atom. The number of ether oxygens (including phenoxy) is 2. The molecule has 3 aromatic rings. The summed E-state index contributed by atoms with van der Waals surface area (Å²) in [5, 5.41) is 7.24. The van der Waals surface area contributed by atoms with Crippen LogP contribution in [0.2, 0.25) is 0 Å². The van der Waals surface area contributed by atoms with Gasteiger partial charge < -0.3 is 25.1 Å². The topological polar surface area (TPSA) is 75.4 Å². The molecule has 6 nitrogen and oxygen atoms in total. The number of para-hydroxylation sites is 1. The molecule has 1 unspecified atom stereocenters. The molecule has 3 N–H and O–H groups in total. The van der Waals surface area contributed by atoms with E-state index in [1.807, 2.05) is 6.07 Å². The number of carbonyl (C=O) groups excluding carboxylic acids is 1. The molecule has 0 fully saturated rings. The van der Waals surface area contributed by atoms with Crippen LogP contribution in [-0.2, 0) is 17.6 Å². The van der Waals surface area contributed by atoms with Gasteiger partial charge in [0.15, 0.2) is 17.3 Å². The van der Waals surface area contributed by atoms with Gasteiger partial charge in [0.1, 0.15) is 12.7 Å². The summed E-state index contributed by atoms with van der Waals surface area (Å²) in [5.41, 5.74) is 3.25. The van der Waals surface area contributed by atoms with Crippen molar-refractivity contribution < 1.29 is 18.7 Å². The second kappa shape index (κ2) is 7.40. The van der Waals surface area contributed by atoms with Crippen LogP contribution in [0.1, 0.15) is 17.5 Å². The molecule has 3 heterocycles. The van der Waals surface area contributed by atoms with Crippen LogP contribution in [0.3, 0.4) is 0 Å². The molecule has 2 aliphatic heterocycles. The minimum Gasteiger partial charge on any atom is -0.486 e. The van der Waals surface area contributed by atoms with Crippen LogP contribution in [0.5, 0.6) is 11.5 Å². The van der Waals surface area contributed by atoms with Crippen molar-refractivity contribution in [3.05, 3.63) is 53.5 Å². The van der Waals surface area contributed by atoms with E-state index in [2.05, 4.69) is 40.0 Å². The van der Waals surface area contributed by atoms with Crippen LogP contribution in [0, 0.1) is 5.82 Å². The highest BCUT2D eigenvalue weighted by Crippen LogP contribution is 2.43. The minimum atomic E-state index is -0.484. The van der Waals surface area contributed by atoms with Crippen LogP contribution in [0.25, 0.3) is 10.9 Å². The van der Waals surface area contributed by atoms with Crippen LogP contribution >= 0.6 is 0 Å². The molecular weight excluding hydrogens is 373 g/mol. The first kappa shape index (κ1) is 18.0. The van der Waals surface area contributed by atoms with Gasteiger partial charge >= 0.3 is 0 Å². The van der Waals surface area contributed by atoms with Gasteiger partial charge in [-0.1, -0.05) is 18.2 Å². The lowest BCUT2D eigenvalue weighted by molar-refractivity contribution is -0.115. The van der Waals surface area contributed by atoms with Crippen molar-refractivity contribution in [1.29, 1.82) is 0 Å². The quantitative estimate of drug-likeness (QED) is 0.561. The molecule has 0 saturated heterocycles. The van der Waals surface area contributed by atoms with Crippen LogP contribution in [0.15, 0.2) is 36.5 Å². The highest BCUT2D eigenvalue weighted by Gasteiger charge is 2.32. The Morgan fingerprint density at radius 1 is 1.28 bits per heavy atom. The number of aryl methyl sites for hydroxylation is 1. The lowest BCUT2D eigenvalue weighted by Gasteiger charge is -2.28. The average Bonchev–Trinajstić information content (AvgIpc) is 3.32. The number of fused-ring (bicyclic) bond motifs is 4. The molecule has 5 rings (SSSR count). The number of amides is 1. The number of hydrogen-bond acceptors (Lipinski definition) is 4. The van der Waals surface area contributed by atoms with Crippen molar-refractivity contribution in [3.8, 4) is 11.5 Å². The fraction of sp³-hybridized carbons (Fsp3) is 0.318. The molecular formula is C22H22FN3O3. The summed E-state index contributed by atoms with van der Waals surface area (Å²) in [6.45, 7) is 1.83. The molecule has 1 atom stereocenters. The van der Waals surface area contributed by atoms with Gasteiger partial charge in [0.05, 0.1) is 12.1 Å². The summed E-state index contributed by atoms with van der Waals surface area (Å²) in [6, 6.07) is 9.60. The number of aromatic nitrogens is 1. The maximum absolute atomic E-state index is 14.1. The third kappa shape index (κ3) is 3.42. The van der Waals surface area contributed by atoms with Gasteiger partial charge in [-0.15, -0.1) is 0 Å². The number of hydrogen-bond donors (Lipinski definition) is 3. The van der Waals surface area contributed by atoms with E-state index < -0.39 is 5.82 Å². The van der Waals surface area contributed by atoms with E-state index in [1.54, 1.807) is 0 Å². The van der Waals surface area contributed by atoms with E-state index in [1.165, 1.54) is 22.5 Å². The van der Waals surface area contributed by atoms with Gasteiger partial charge in [-0.05, 0) is 31.0 Å². The number of halogens is 1.